The van der Waals surface area contributed by atoms with E-state index in [1.165, 1.54) is 4.88 Å². The van der Waals surface area contributed by atoms with Gasteiger partial charge in [0.05, 0.1) is 14.2 Å². The number of ether oxygens (including phenoxy) is 2. The first kappa shape index (κ1) is 14.8. The maximum atomic E-state index is 5.33. The fourth-order valence-corrected chi connectivity index (χ4v) is 2.70. The molecule has 5 heteroatoms. The zero-order valence-corrected chi connectivity index (χ0v) is 13.1. The molecule has 2 rings (SSSR count). The van der Waals surface area contributed by atoms with Crippen molar-refractivity contribution in [1.82, 2.24) is 10.3 Å². The molecule has 20 heavy (non-hydrogen) atoms. The zero-order chi connectivity index (χ0) is 14.5. The normalized spacial score (nSPS) is 12.2. The van der Waals surface area contributed by atoms with E-state index in [9.17, 15) is 0 Å². The molecule has 0 saturated carbocycles. The van der Waals surface area contributed by atoms with E-state index in [2.05, 4.69) is 24.1 Å². The quantitative estimate of drug-likeness (QED) is 0.887. The minimum absolute atomic E-state index is 0.221. The van der Waals surface area contributed by atoms with Crippen LogP contribution in [0.3, 0.4) is 0 Å². The van der Waals surface area contributed by atoms with Crippen LogP contribution in [0.2, 0.25) is 0 Å². The minimum Gasteiger partial charge on any atom is -0.493 e. The lowest BCUT2D eigenvalue weighted by Gasteiger charge is -2.15. The number of hydrogen-bond donors (Lipinski definition) is 1. The zero-order valence-electron chi connectivity index (χ0n) is 12.3. The average molecular weight is 292 g/mol. The minimum atomic E-state index is 0.221. The second kappa shape index (κ2) is 6.72. The Balaban J connectivity index is 2.03. The van der Waals surface area contributed by atoms with Crippen molar-refractivity contribution in [2.75, 3.05) is 14.2 Å². The molecule has 0 amide bonds. The van der Waals surface area contributed by atoms with E-state index in [0.717, 1.165) is 28.6 Å². The molecule has 0 aliphatic rings. The fraction of sp³-hybridized carbons (Fsp3) is 0.400. The largest absolute Gasteiger partial charge is 0.493 e. The summed E-state index contributed by atoms with van der Waals surface area (Å²) in [4.78, 5) is 5.59. The first-order valence-electron chi connectivity index (χ1n) is 6.50. The van der Waals surface area contributed by atoms with Gasteiger partial charge in [-0.3, -0.25) is 0 Å². The molecule has 0 bridgehead atoms. The number of aromatic nitrogens is 1. The molecule has 108 valence electrons. The van der Waals surface area contributed by atoms with Gasteiger partial charge in [0.15, 0.2) is 11.5 Å². The lowest BCUT2D eigenvalue weighted by Crippen LogP contribution is -2.18. The van der Waals surface area contributed by atoms with E-state index in [4.69, 9.17) is 9.47 Å². The third-order valence-electron chi connectivity index (χ3n) is 3.14. The Morgan fingerprint density at radius 1 is 1.25 bits per heavy atom. The predicted molar refractivity (Wildman–Crippen MR) is 81.7 cm³/mol. The lowest BCUT2D eigenvalue weighted by molar-refractivity contribution is 0.354. The number of rotatable bonds is 6. The third-order valence-corrected chi connectivity index (χ3v) is 4.05. The van der Waals surface area contributed by atoms with Gasteiger partial charge in [-0.1, -0.05) is 6.07 Å². The molecule has 0 spiro atoms. The van der Waals surface area contributed by atoms with Crippen molar-refractivity contribution in [2.24, 2.45) is 0 Å². The van der Waals surface area contributed by atoms with E-state index in [1.54, 1.807) is 25.6 Å². The van der Waals surface area contributed by atoms with E-state index < -0.39 is 0 Å². The molecule has 0 saturated heterocycles. The summed E-state index contributed by atoms with van der Waals surface area (Å²) < 4.78 is 10.6. The van der Waals surface area contributed by atoms with Gasteiger partial charge in [-0.15, -0.1) is 11.3 Å². The van der Waals surface area contributed by atoms with Crippen LogP contribution in [-0.2, 0) is 6.54 Å². The number of thiazole rings is 1. The number of aryl methyl sites for hydroxylation is 1. The maximum absolute atomic E-state index is 5.33. The van der Waals surface area contributed by atoms with Crippen molar-refractivity contribution in [3.63, 3.8) is 0 Å². The highest BCUT2D eigenvalue weighted by Gasteiger charge is 2.10. The summed E-state index contributed by atoms with van der Waals surface area (Å²) >= 11 is 1.72. The molecule has 1 heterocycles. The molecular formula is C15H20N2O2S. The van der Waals surface area contributed by atoms with Crippen molar-refractivity contribution in [3.8, 4) is 11.5 Å². The molecule has 1 aromatic heterocycles. The van der Waals surface area contributed by atoms with Crippen LogP contribution in [0.15, 0.2) is 24.4 Å². The smallest absolute Gasteiger partial charge is 0.161 e. The molecule has 1 unspecified atom stereocenters. The average Bonchev–Trinajstić information content (AvgIpc) is 2.89. The van der Waals surface area contributed by atoms with Crippen LogP contribution in [0.5, 0.6) is 11.5 Å². The summed E-state index contributed by atoms with van der Waals surface area (Å²) in [5, 5.41) is 4.58. The van der Waals surface area contributed by atoms with Crippen LogP contribution >= 0.6 is 11.3 Å². The Labute approximate surface area is 123 Å². The first-order valence-corrected chi connectivity index (χ1v) is 7.32. The molecule has 1 aromatic carbocycles. The van der Waals surface area contributed by atoms with Gasteiger partial charge in [0.1, 0.15) is 5.01 Å². The van der Waals surface area contributed by atoms with Crippen molar-refractivity contribution in [3.05, 3.63) is 39.8 Å². The summed E-state index contributed by atoms with van der Waals surface area (Å²) in [5.74, 6) is 1.50. The molecule has 2 aromatic rings. The number of methoxy groups -OCH3 is 2. The Hall–Kier alpha value is -1.59. The van der Waals surface area contributed by atoms with Crippen molar-refractivity contribution in [2.45, 2.75) is 26.4 Å². The highest BCUT2D eigenvalue weighted by Crippen LogP contribution is 2.30. The molecule has 4 nitrogen and oxygen atoms in total. The number of benzene rings is 1. The monoisotopic (exact) mass is 292 g/mol. The topological polar surface area (TPSA) is 43.4 Å². The second-order valence-electron chi connectivity index (χ2n) is 4.58. The Morgan fingerprint density at radius 3 is 2.60 bits per heavy atom. The van der Waals surface area contributed by atoms with Gasteiger partial charge in [0, 0.05) is 23.7 Å². The van der Waals surface area contributed by atoms with Crippen LogP contribution in [0.1, 0.15) is 28.4 Å². The number of hydrogen-bond acceptors (Lipinski definition) is 5. The van der Waals surface area contributed by atoms with E-state index in [0.29, 0.717) is 0 Å². The molecule has 0 aliphatic heterocycles. The summed E-state index contributed by atoms with van der Waals surface area (Å²) in [5.41, 5.74) is 1.16. The maximum Gasteiger partial charge on any atom is 0.161 e. The van der Waals surface area contributed by atoms with Gasteiger partial charge in [-0.05, 0) is 31.5 Å². The molecule has 0 radical (unpaired) electrons. The molecule has 0 aliphatic carbocycles. The SMILES string of the molecule is COc1ccc(C(C)NCc2ncc(C)s2)cc1OC. The fourth-order valence-electron chi connectivity index (χ4n) is 1.96. The second-order valence-corrected chi connectivity index (χ2v) is 5.90. The van der Waals surface area contributed by atoms with Gasteiger partial charge in [-0.2, -0.15) is 0 Å². The molecule has 0 fully saturated rings. The Morgan fingerprint density at radius 2 is 2.00 bits per heavy atom. The van der Waals surface area contributed by atoms with Crippen LogP contribution in [0, 0.1) is 6.92 Å². The van der Waals surface area contributed by atoms with Crippen LogP contribution in [-0.4, -0.2) is 19.2 Å². The summed E-state index contributed by atoms with van der Waals surface area (Å²) in [6.07, 6.45) is 1.91. The van der Waals surface area contributed by atoms with Gasteiger partial charge in [-0.25, -0.2) is 4.98 Å². The van der Waals surface area contributed by atoms with Crippen molar-refractivity contribution >= 4 is 11.3 Å². The molecule has 1 atom stereocenters. The standard InChI is InChI=1S/C15H20N2O2S/c1-10-8-17-15(20-10)9-16-11(2)12-5-6-13(18-3)14(7-12)19-4/h5-8,11,16H,9H2,1-4H3. The van der Waals surface area contributed by atoms with Gasteiger partial charge in [0.2, 0.25) is 0 Å². The highest BCUT2D eigenvalue weighted by molar-refractivity contribution is 7.11. The molecule has 1 N–H and O–H groups in total. The van der Waals surface area contributed by atoms with E-state index >= 15 is 0 Å². The Bertz CT molecular complexity index is 569. The van der Waals surface area contributed by atoms with E-state index in [1.807, 2.05) is 24.4 Å². The number of nitrogens with zero attached hydrogens (tertiary/aromatic N) is 1. The first-order chi connectivity index (χ1) is 9.63. The van der Waals surface area contributed by atoms with Crippen molar-refractivity contribution in [1.29, 1.82) is 0 Å². The third kappa shape index (κ3) is 3.49. The van der Waals surface area contributed by atoms with Crippen LogP contribution in [0.4, 0.5) is 0 Å². The summed E-state index contributed by atoms with van der Waals surface area (Å²) in [6.45, 7) is 4.97. The Kier molecular flexibility index (Phi) is 4.98. The predicted octanol–water partition coefficient (Wildman–Crippen LogP) is 3.32. The highest BCUT2D eigenvalue weighted by atomic mass is 32.1. The van der Waals surface area contributed by atoms with E-state index in [-0.39, 0.29) is 6.04 Å². The van der Waals surface area contributed by atoms with Gasteiger partial charge >= 0.3 is 0 Å². The lowest BCUT2D eigenvalue weighted by atomic mass is 10.1. The van der Waals surface area contributed by atoms with Crippen LogP contribution < -0.4 is 14.8 Å². The number of nitrogens with one attached hydrogen (secondary N) is 1. The molecular weight excluding hydrogens is 272 g/mol. The van der Waals surface area contributed by atoms with Gasteiger partial charge < -0.3 is 14.8 Å². The van der Waals surface area contributed by atoms with Crippen molar-refractivity contribution < 1.29 is 9.47 Å². The summed E-state index contributed by atoms with van der Waals surface area (Å²) in [6, 6.07) is 6.20. The van der Waals surface area contributed by atoms with Gasteiger partial charge in [0.25, 0.3) is 0 Å². The summed E-state index contributed by atoms with van der Waals surface area (Å²) in [7, 11) is 3.29. The van der Waals surface area contributed by atoms with Crippen LogP contribution in [0.25, 0.3) is 0 Å².